The minimum atomic E-state index is -0.979. The summed E-state index contributed by atoms with van der Waals surface area (Å²) >= 11 is 0. The van der Waals surface area contributed by atoms with Gasteiger partial charge in [0.1, 0.15) is 17.2 Å². The number of aromatic nitrogens is 3. The fourth-order valence-electron chi connectivity index (χ4n) is 5.24. The van der Waals surface area contributed by atoms with E-state index in [1.54, 1.807) is 34.9 Å². The first-order valence-electron chi connectivity index (χ1n) is 14.8. The molecule has 45 heavy (non-hydrogen) atoms. The molecule has 3 heterocycles. The molecule has 0 aliphatic heterocycles. The number of benzene rings is 3. The Bertz CT molecular complexity index is 1900. The lowest BCUT2D eigenvalue weighted by atomic mass is 10.1. The molecule has 6 aromatic rings. The van der Waals surface area contributed by atoms with Crippen LogP contribution in [0.5, 0.6) is 0 Å². The molecule has 230 valence electrons. The molecule has 0 bridgehead atoms. The number of nitrogens with one attached hydrogen (secondary N) is 1. The van der Waals surface area contributed by atoms with Crippen molar-refractivity contribution < 1.29 is 19.1 Å². The highest BCUT2D eigenvalue weighted by Gasteiger charge is 2.19. The van der Waals surface area contributed by atoms with E-state index in [4.69, 9.17) is 0 Å². The van der Waals surface area contributed by atoms with Crippen molar-refractivity contribution in [2.75, 3.05) is 27.2 Å². The molecule has 0 radical (unpaired) electrons. The van der Waals surface area contributed by atoms with Crippen molar-refractivity contribution in [3.05, 3.63) is 132 Å². The van der Waals surface area contributed by atoms with E-state index in [2.05, 4.69) is 25.8 Å². The maximum absolute atomic E-state index is 13.1. The highest BCUT2D eigenvalue weighted by Crippen LogP contribution is 2.25. The Labute approximate surface area is 261 Å². The lowest BCUT2D eigenvalue weighted by Gasteiger charge is -2.09. The Kier molecular flexibility index (Phi) is 10.0. The minimum Gasteiger partial charge on any atom is -0.476 e. The summed E-state index contributed by atoms with van der Waals surface area (Å²) in [7, 11) is 4.05. The number of hydrogen-bond donors (Lipinski definition) is 2. The largest absolute Gasteiger partial charge is 0.476 e. The molecule has 3 aromatic carbocycles. The van der Waals surface area contributed by atoms with Gasteiger partial charge in [-0.05, 0) is 68.5 Å². The number of imidazole rings is 1. The molecule has 0 aliphatic carbocycles. The van der Waals surface area contributed by atoms with Crippen molar-refractivity contribution in [3.8, 4) is 11.3 Å². The molecule has 0 aliphatic rings. The molecule has 0 atom stereocenters. The maximum Gasteiger partial charge on any atom is 0.355 e. The standard InChI is InChI=1S/C22H26FN3O.C14H10N2O2/c1-25(2)13-5-12-24-22(27)14-18-16-26(21-7-4-3-6-20(18)21)15-17-8-10-19(23)11-9-17;17-14(18)13-12(10-6-2-1-3-7-10)15-11-8-4-5-9-16(11)13/h3-4,6-11,16H,5,12-15H2,1-2H3,(H,24,27);1-9H,(H,17,18). The topological polar surface area (TPSA) is 91.9 Å². The van der Waals surface area contributed by atoms with Gasteiger partial charge in [0.2, 0.25) is 5.91 Å². The van der Waals surface area contributed by atoms with Crippen molar-refractivity contribution in [2.45, 2.75) is 19.4 Å². The number of carbonyl (C=O) groups excluding carboxylic acids is 1. The number of carboxylic acids is 1. The number of fused-ring (bicyclic) bond motifs is 2. The maximum atomic E-state index is 13.1. The first-order valence-corrected chi connectivity index (χ1v) is 14.8. The predicted octanol–water partition coefficient (Wildman–Crippen LogP) is 6.14. The molecular weight excluding hydrogens is 569 g/mol. The number of rotatable bonds is 10. The Hall–Kier alpha value is -5.28. The van der Waals surface area contributed by atoms with Gasteiger partial charge in [-0.15, -0.1) is 0 Å². The number of amides is 1. The Morgan fingerprint density at radius 3 is 2.36 bits per heavy atom. The summed E-state index contributed by atoms with van der Waals surface area (Å²) in [6.45, 7) is 2.29. The molecule has 0 unspecified atom stereocenters. The third-order valence-electron chi connectivity index (χ3n) is 7.37. The minimum absolute atomic E-state index is 0.0402. The molecule has 0 saturated carbocycles. The zero-order chi connectivity index (χ0) is 31.8. The van der Waals surface area contributed by atoms with E-state index in [9.17, 15) is 19.1 Å². The lowest BCUT2D eigenvalue weighted by molar-refractivity contribution is -0.120. The Morgan fingerprint density at radius 1 is 0.911 bits per heavy atom. The van der Waals surface area contributed by atoms with Crippen LogP contribution in [0.15, 0.2) is 109 Å². The number of carboxylic acid groups (broad SMARTS) is 1. The van der Waals surface area contributed by atoms with Crippen molar-refractivity contribution in [1.29, 1.82) is 0 Å². The lowest BCUT2D eigenvalue weighted by Crippen LogP contribution is -2.28. The highest BCUT2D eigenvalue weighted by atomic mass is 19.1. The summed E-state index contributed by atoms with van der Waals surface area (Å²) in [5, 5.41) is 13.4. The fraction of sp³-hybridized carbons (Fsp3) is 0.194. The van der Waals surface area contributed by atoms with Crippen LogP contribution in [0.4, 0.5) is 4.39 Å². The zero-order valence-corrected chi connectivity index (χ0v) is 25.4. The van der Waals surface area contributed by atoms with Gasteiger partial charge in [-0.2, -0.15) is 0 Å². The van der Waals surface area contributed by atoms with Crippen LogP contribution in [0.2, 0.25) is 0 Å². The van der Waals surface area contributed by atoms with Crippen molar-refractivity contribution in [3.63, 3.8) is 0 Å². The second kappa shape index (κ2) is 14.5. The van der Waals surface area contributed by atoms with Gasteiger partial charge in [-0.1, -0.05) is 66.7 Å². The molecule has 0 spiro atoms. The van der Waals surface area contributed by atoms with Gasteiger partial charge in [0, 0.05) is 41.9 Å². The van der Waals surface area contributed by atoms with Crippen molar-refractivity contribution in [2.24, 2.45) is 0 Å². The van der Waals surface area contributed by atoms with E-state index < -0.39 is 5.97 Å². The molecule has 6 rings (SSSR count). The summed E-state index contributed by atoms with van der Waals surface area (Å²) in [5.41, 5.74) is 5.24. The van der Waals surface area contributed by atoms with E-state index >= 15 is 0 Å². The van der Waals surface area contributed by atoms with Gasteiger partial charge in [-0.3, -0.25) is 9.20 Å². The van der Waals surface area contributed by atoms with Gasteiger partial charge in [0.05, 0.1) is 6.42 Å². The number of nitrogens with zero attached hydrogens (tertiary/aromatic N) is 4. The molecule has 0 saturated heterocycles. The number of hydrogen-bond acceptors (Lipinski definition) is 4. The molecule has 2 N–H and O–H groups in total. The SMILES string of the molecule is CN(C)CCCNC(=O)Cc1cn(Cc2ccc(F)cc2)c2ccccc12.O=C(O)c1c(-c2ccccc2)nc2ccccn12. The van der Waals surface area contributed by atoms with E-state index in [1.807, 2.05) is 74.9 Å². The second-order valence-corrected chi connectivity index (χ2v) is 11.0. The van der Waals surface area contributed by atoms with E-state index in [-0.39, 0.29) is 17.4 Å². The highest BCUT2D eigenvalue weighted by molar-refractivity contribution is 5.94. The quantitative estimate of drug-likeness (QED) is 0.183. The number of halogens is 1. The Balaban J connectivity index is 0.000000192. The molecule has 0 fully saturated rings. The molecule has 8 nitrogen and oxygen atoms in total. The third kappa shape index (κ3) is 7.82. The summed E-state index contributed by atoms with van der Waals surface area (Å²) in [4.78, 5) is 30.2. The van der Waals surface area contributed by atoms with Crippen LogP contribution < -0.4 is 5.32 Å². The number of carbonyl (C=O) groups is 2. The van der Waals surface area contributed by atoms with Gasteiger partial charge >= 0.3 is 5.97 Å². The Morgan fingerprint density at radius 2 is 1.62 bits per heavy atom. The number of para-hydroxylation sites is 1. The first kappa shape index (κ1) is 31.2. The average Bonchev–Trinajstić information content (AvgIpc) is 3.60. The summed E-state index contributed by atoms with van der Waals surface area (Å²) in [6, 6.07) is 29.4. The summed E-state index contributed by atoms with van der Waals surface area (Å²) in [6.07, 6.45) is 5.04. The van der Waals surface area contributed by atoms with Gasteiger partial charge < -0.3 is 19.9 Å². The number of pyridine rings is 1. The van der Waals surface area contributed by atoms with E-state index in [1.165, 1.54) is 12.1 Å². The van der Waals surface area contributed by atoms with Crippen LogP contribution in [0.3, 0.4) is 0 Å². The molecule has 3 aromatic heterocycles. The van der Waals surface area contributed by atoms with Crippen LogP contribution in [0, 0.1) is 5.82 Å². The van der Waals surface area contributed by atoms with Gasteiger partial charge in [-0.25, -0.2) is 14.2 Å². The van der Waals surface area contributed by atoms with Gasteiger partial charge in [0.15, 0.2) is 5.69 Å². The number of aromatic carboxylic acids is 1. The summed E-state index contributed by atoms with van der Waals surface area (Å²) < 4.78 is 16.9. The smallest absolute Gasteiger partial charge is 0.355 e. The van der Waals surface area contributed by atoms with E-state index in [0.29, 0.717) is 30.9 Å². The first-order chi connectivity index (χ1) is 21.8. The fourth-order valence-corrected chi connectivity index (χ4v) is 5.24. The van der Waals surface area contributed by atoms with Crippen LogP contribution in [0.25, 0.3) is 27.8 Å². The monoisotopic (exact) mass is 605 g/mol. The van der Waals surface area contributed by atoms with Crippen LogP contribution in [0.1, 0.15) is 28.0 Å². The van der Waals surface area contributed by atoms with Crippen LogP contribution >= 0.6 is 0 Å². The second-order valence-electron chi connectivity index (χ2n) is 11.0. The normalized spacial score (nSPS) is 11.0. The van der Waals surface area contributed by atoms with Crippen molar-refractivity contribution in [1.82, 2.24) is 24.2 Å². The van der Waals surface area contributed by atoms with Gasteiger partial charge in [0.25, 0.3) is 0 Å². The van der Waals surface area contributed by atoms with Crippen molar-refractivity contribution >= 4 is 28.4 Å². The van der Waals surface area contributed by atoms with E-state index in [0.717, 1.165) is 40.6 Å². The predicted molar refractivity (Wildman–Crippen MR) is 175 cm³/mol. The van der Waals surface area contributed by atoms with Crippen LogP contribution in [-0.2, 0) is 17.8 Å². The van der Waals surface area contributed by atoms with Crippen LogP contribution in [-0.4, -0.2) is 63.0 Å². The molecular formula is C36H36FN5O3. The molecule has 9 heteroatoms. The zero-order valence-electron chi connectivity index (χ0n) is 25.4. The third-order valence-corrected chi connectivity index (χ3v) is 7.37. The summed E-state index contributed by atoms with van der Waals surface area (Å²) in [5.74, 6) is -1.17. The molecule has 1 amide bonds. The average molecular weight is 606 g/mol.